The van der Waals surface area contributed by atoms with E-state index in [4.69, 9.17) is 9.47 Å². The molecule has 1 saturated heterocycles. The van der Waals surface area contributed by atoms with Crippen LogP contribution in [0.4, 0.5) is 0 Å². The van der Waals surface area contributed by atoms with Crippen LogP contribution in [0.3, 0.4) is 0 Å². The number of likely N-dealkylation sites (tertiary alicyclic amines) is 1. The first-order valence-electron chi connectivity index (χ1n) is 19.2. The van der Waals surface area contributed by atoms with Gasteiger partial charge in [0.15, 0.2) is 11.5 Å². The maximum absolute atomic E-state index is 14.4. The van der Waals surface area contributed by atoms with E-state index in [1.165, 1.54) is 29.2 Å². The summed E-state index contributed by atoms with van der Waals surface area (Å²) in [5.41, 5.74) is 4.97. The molecular formula is C43H52N2O5. The average Bonchev–Trinajstić information content (AvgIpc) is 3.70. The molecule has 1 spiro atoms. The minimum absolute atomic E-state index is 0.0418. The van der Waals surface area contributed by atoms with Gasteiger partial charge in [-0.2, -0.15) is 0 Å². The number of carbonyl (C=O) groups excluding carboxylic acids is 2. The van der Waals surface area contributed by atoms with Crippen LogP contribution in [0.25, 0.3) is 0 Å². The third-order valence-corrected chi connectivity index (χ3v) is 12.6. The highest BCUT2D eigenvalue weighted by Crippen LogP contribution is 2.64. The molecule has 264 valence electrons. The zero-order chi connectivity index (χ0) is 34.2. The van der Waals surface area contributed by atoms with E-state index in [-0.39, 0.29) is 35.5 Å². The number of rotatable bonds is 14. The van der Waals surface area contributed by atoms with Gasteiger partial charge >= 0.3 is 5.97 Å². The Hall–Kier alpha value is -3.68. The predicted molar refractivity (Wildman–Crippen MR) is 193 cm³/mol. The summed E-state index contributed by atoms with van der Waals surface area (Å²) in [6, 6.07) is 25.6. The third-order valence-electron chi connectivity index (χ3n) is 12.6. The summed E-state index contributed by atoms with van der Waals surface area (Å²) in [4.78, 5) is 31.5. The summed E-state index contributed by atoms with van der Waals surface area (Å²) >= 11 is 0. The van der Waals surface area contributed by atoms with Crippen LogP contribution in [-0.4, -0.2) is 70.7 Å². The lowest BCUT2D eigenvalue weighted by molar-refractivity contribution is -0.143. The lowest BCUT2D eigenvalue weighted by Gasteiger charge is -2.60. The number of nitrogens with zero attached hydrogens (tertiary/aromatic N) is 2. The fourth-order valence-electron chi connectivity index (χ4n) is 10.2. The molecule has 8 rings (SSSR count). The van der Waals surface area contributed by atoms with E-state index in [2.05, 4.69) is 76.5 Å². The fraction of sp³-hybridized carbons (Fsp3) is 0.535. The highest BCUT2D eigenvalue weighted by Gasteiger charge is 2.67. The molecule has 5 aliphatic rings. The monoisotopic (exact) mass is 676 g/mol. The maximum atomic E-state index is 14.4. The van der Waals surface area contributed by atoms with Gasteiger partial charge in [0.05, 0.1) is 12.1 Å². The maximum Gasteiger partial charge on any atom is 0.308 e. The topological polar surface area (TPSA) is 79.3 Å². The molecule has 7 atom stereocenters. The quantitative estimate of drug-likeness (QED) is 0.117. The van der Waals surface area contributed by atoms with Crippen molar-refractivity contribution in [2.75, 3.05) is 19.6 Å². The van der Waals surface area contributed by atoms with Crippen molar-refractivity contribution in [1.82, 2.24) is 9.80 Å². The lowest BCUT2D eigenvalue weighted by atomic mass is 9.51. The van der Waals surface area contributed by atoms with Crippen LogP contribution in [0.15, 0.2) is 72.8 Å². The SMILES string of the molecule is CC(=O)Oc1ccc2c3c1O[C@H]1[C@@H](N(CCCc4ccccc4)C(=O)CCCCCc4ccccc4)CC[C@H]4[C@@H](C2)N(CC2CC2O)CC[C@@]341. The lowest BCUT2D eigenvalue weighted by Crippen LogP contribution is -2.69. The van der Waals surface area contributed by atoms with Gasteiger partial charge in [-0.3, -0.25) is 14.5 Å². The molecule has 0 radical (unpaired) electrons. The Bertz CT molecular complexity index is 1680. The van der Waals surface area contributed by atoms with Gasteiger partial charge in [0.1, 0.15) is 6.10 Å². The van der Waals surface area contributed by atoms with E-state index in [1.807, 2.05) is 6.07 Å². The molecule has 7 nitrogen and oxygen atoms in total. The number of aryl methyl sites for hydroxylation is 2. The summed E-state index contributed by atoms with van der Waals surface area (Å²) in [6.07, 6.45) is 10.8. The van der Waals surface area contributed by atoms with E-state index >= 15 is 0 Å². The van der Waals surface area contributed by atoms with Crippen LogP contribution in [0.2, 0.25) is 0 Å². The van der Waals surface area contributed by atoms with Gasteiger partial charge in [0.2, 0.25) is 5.91 Å². The van der Waals surface area contributed by atoms with Crippen LogP contribution in [0, 0.1) is 11.8 Å². The molecule has 3 fully saturated rings. The molecular weight excluding hydrogens is 624 g/mol. The fourth-order valence-corrected chi connectivity index (χ4v) is 10.2. The van der Waals surface area contributed by atoms with Crippen molar-refractivity contribution in [1.29, 1.82) is 0 Å². The van der Waals surface area contributed by atoms with Crippen molar-refractivity contribution in [2.24, 2.45) is 11.8 Å². The van der Waals surface area contributed by atoms with Gasteiger partial charge in [0.25, 0.3) is 0 Å². The summed E-state index contributed by atoms with van der Waals surface area (Å²) in [5.74, 6) is 1.92. The zero-order valence-corrected chi connectivity index (χ0v) is 29.5. The van der Waals surface area contributed by atoms with Crippen molar-refractivity contribution >= 4 is 11.9 Å². The highest BCUT2D eigenvalue weighted by molar-refractivity contribution is 5.77. The van der Waals surface area contributed by atoms with Gasteiger partial charge in [0, 0.05) is 49.4 Å². The Labute approximate surface area is 297 Å². The Kier molecular flexibility index (Phi) is 9.47. The first-order chi connectivity index (χ1) is 24.4. The number of ether oxygens (including phenoxy) is 2. The smallest absolute Gasteiger partial charge is 0.308 e. The zero-order valence-electron chi connectivity index (χ0n) is 29.5. The van der Waals surface area contributed by atoms with E-state index in [0.29, 0.717) is 36.6 Å². The molecule has 2 heterocycles. The number of piperidine rings is 1. The molecule has 3 aromatic carbocycles. The van der Waals surface area contributed by atoms with Crippen molar-refractivity contribution in [3.63, 3.8) is 0 Å². The van der Waals surface area contributed by atoms with Crippen molar-refractivity contribution in [3.8, 4) is 11.5 Å². The third kappa shape index (κ3) is 6.36. The number of benzene rings is 3. The van der Waals surface area contributed by atoms with Crippen LogP contribution < -0.4 is 9.47 Å². The molecule has 50 heavy (non-hydrogen) atoms. The molecule has 1 amide bonds. The van der Waals surface area contributed by atoms with Gasteiger partial charge in [-0.05, 0) is 99.4 Å². The minimum atomic E-state index is -0.346. The van der Waals surface area contributed by atoms with Crippen LogP contribution in [0.5, 0.6) is 11.5 Å². The van der Waals surface area contributed by atoms with Gasteiger partial charge < -0.3 is 19.5 Å². The molecule has 2 bridgehead atoms. The highest BCUT2D eigenvalue weighted by atomic mass is 16.6. The number of hydrogen-bond acceptors (Lipinski definition) is 6. The number of unbranched alkanes of at least 4 members (excludes halogenated alkanes) is 2. The largest absolute Gasteiger partial charge is 0.483 e. The first kappa shape index (κ1) is 33.5. The molecule has 2 saturated carbocycles. The Morgan fingerprint density at radius 3 is 2.36 bits per heavy atom. The minimum Gasteiger partial charge on any atom is -0.483 e. The van der Waals surface area contributed by atoms with E-state index < -0.39 is 0 Å². The van der Waals surface area contributed by atoms with Crippen molar-refractivity contribution < 1.29 is 24.2 Å². The second kappa shape index (κ2) is 14.1. The van der Waals surface area contributed by atoms with Gasteiger partial charge in [-0.25, -0.2) is 0 Å². The average molecular weight is 677 g/mol. The van der Waals surface area contributed by atoms with E-state index in [1.54, 1.807) is 0 Å². The first-order valence-corrected chi connectivity index (χ1v) is 19.2. The Morgan fingerprint density at radius 2 is 1.66 bits per heavy atom. The molecule has 2 aliphatic heterocycles. The number of aliphatic hydroxyl groups is 1. The predicted octanol–water partition coefficient (Wildman–Crippen LogP) is 6.67. The van der Waals surface area contributed by atoms with Crippen molar-refractivity contribution in [3.05, 3.63) is 95.1 Å². The van der Waals surface area contributed by atoms with E-state index in [9.17, 15) is 14.7 Å². The molecule has 7 heteroatoms. The normalized spacial score (nSPS) is 28.8. The number of amides is 1. The Balaban J connectivity index is 1.06. The number of carbonyl (C=O) groups is 2. The van der Waals surface area contributed by atoms with Crippen LogP contribution >= 0.6 is 0 Å². The standard InChI is InChI=1S/C43H52N2O5/c1-29(46)49-38-22-19-32-26-36-34-20-21-35(42-43(34,40(32)41(38)50-42)23-25-44(36)28-33-27-37(33)47)45(24-11-17-31-15-7-3-8-16-31)39(48)18-10-4-9-14-30-12-5-2-6-13-30/h2-3,5-8,12-13,15-16,19,22,33-37,42,47H,4,9-11,14,17-18,20-21,23-28H2,1H3/t33?,34-,35-,36+,37?,42-,43-/m0/s1. The van der Waals surface area contributed by atoms with Crippen LogP contribution in [0.1, 0.15) is 87.0 Å². The summed E-state index contributed by atoms with van der Waals surface area (Å²) in [7, 11) is 0. The molecule has 3 aromatic rings. The summed E-state index contributed by atoms with van der Waals surface area (Å²) in [5, 5.41) is 10.2. The van der Waals surface area contributed by atoms with E-state index in [0.717, 1.165) is 89.5 Å². The second-order valence-corrected chi connectivity index (χ2v) is 15.7. The molecule has 0 aromatic heterocycles. The summed E-state index contributed by atoms with van der Waals surface area (Å²) < 4.78 is 12.9. The Morgan fingerprint density at radius 1 is 0.940 bits per heavy atom. The number of aliphatic hydroxyl groups excluding tert-OH is 1. The van der Waals surface area contributed by atoms with Crippen LogP contribution in [-0.2, 0) is 34.3 Å². The summed E-state index contributed by atoms with van der Waals surface area (Å²) in [6.45, 7) is 4.07. The molecule has 1 N–H and O–H groups in total. The number of hydrogen-bond donors (Lipinski definition) is 1. The number of esters is 1. The van der Waals surface area contributed by atoms with Crippen molar-refractivity contribution in [2.45, 2.75) is 114 Å². The second-order valence-electron chi connectivity index (χ2n) is 15.7. The molecule has 3 aliphatic carbocycles. The van der Waals surface area contributed by atoms with Gasteiger partial charge in [-0.1, -0.05) is 73.2 Å². The van der Waals surface area contributed by atoms with Gasteiger partial charge in [-0.15, -0.1) is 0 Å². The molecule has 2 unspecified atom stereocenters.